The van der Waals surface area contributed by atoms with Crippen molar-refractivity contribution in [2.75, 3.05) is 11.6 Å². The molecule has 0 bridgehead atoms. The number of imidazole rings is 1. The van der Waals surface area contributed by atoms with Gasteiger partial charge in [-0.05, 0) is 42.8 Å². The Morgan fingerprint density at radius 2 is 2.09 bits per heavy atom. The van der Waals surface area contributed by atoms with Crippen molar-refractivity contribution in [2.24, 2.45) is 12.1 Å². The van der Waals surface area contributed by atoms with Gasteiger partial charge in [-0.25, -0.2) is 9.78 Å². The lowest BCUT2D eigenvalue weighted by atomic mass is 10.2. The third-order valence-electron chi connectivity index (χ3n) is 3.76. The number of anilines is 1. The van der Waals surface area contributed by atoms with Crippen LogP contribution in [-0.4, -0.2) is 27.8 Å². The standard InChI is InChI=1S/C16H17ClN4O2/c1-11-7-8-21(19-11)13-5-3-12(4-6-13)15(22)23-10-14-9-18-16(17)20(14)2/h3-6,9H,7-8,10H2,1-2H3. The topological polar surface area (TPSA) is 59.7 Å². The number of hydrazone groups is 1. The number of carbonyl (C=O) groups excluding carboxylic acids is 1. The van der Waals surface area contributed by atoms with E-state index in [1.807, 2.05) is 24.1 Å². The first-order chi connectivity index (χ1) is 11.0. The fourth-order valence-electron chi connectivity index (χ4n) is 2.31. The number of benzene rings is 1. The second-order valence-electron chi connectivity index (χ2n) is 5.41. The lowest BCUT2D eigenvalue weighted by molar-refractivity contribution is 0.0464. The molecule has 1 aliphatic rings. The van der Waals surface area contributed by atoms with Gasteiger partial charge in [-0.3, -0.25) is 5.01 Å². The fourth-order valence-corrected chi connectivity index (χ4v) is 2.46. The lowest BCUT2D eigenvalue weighted by Crippen LogP contribution is -2.12. The van der Waals surface area contributed by atoms with Gasteiger partial charge in [0.15, 0.2) is 0 Å². The first kappa shape index (κ1) is 15.6. The highest BCUT2D eigenvalue weighted by Gasteiger charge is 2.14. The zero-order valence-electron chi connectivity index (χ0n) is 13.0. The van der Waals surface area contributed by atoms with Gasteiger partial charge < -0.3 is 9.30 Å². The van der Waals surface area contributed by atoms with E-state index < -0.39 is 0 Å². The molecule has 7 heteroatoms. The molecule has 0 fully saturated rings. The Morgan fingerprint density at radius 1 is 1.35 bits per heavy atom. The average Bonchev–Trinajstić information content (AvgIpc) is 3.13. The van der Waals surface area contributed by atoms with Gasteiger partial charge in [0.05, 0.1) is 23.1 Å². The number of esters is 1. The van der Waals surface area contributed by atoms with E-state index in [1.165, 1.54) is 0 Å². The predicted molar refractivity (Wildman–Crippen MR) is 88.9 cm³/mol. The van der Waals surface area contributed by atoms with Crippen LogP contribution < -0.4 is 5.01 Å². The van der Waals surface area contributed by atoms with Crippen LogP contribution in [0.4, 0.5) is 5.69 Å². The van der Waals surface area contributed by atoms with E-state index in [2.05, 4.69) is 10.1 Å². The molecule has 0 radical (unpaired) electrons. The molecule has 2 heterocycles. The Kier molecular flexibility index (Phi) is 4.34. The molecule has 0 atom stereocenters. The Hall–Kier alpha value is -2.34. The number of aromatic nitrogens is 2. The highest BCUT2D eigenvalue weighted by Crippen LogP contribution is 2.20. The summed E-state index contributed by atoms with van der Waals surface area (Å²) in [5.74, 6) is -0.380. The van der Waals surface area contributed by atoms with Crippen molar-refractivity contribution < 1.29 is 9.53 Å². The Morgan fingerprint density at radius 3 is 2.65 bits per heavy atom. The van der Waals surface area contributed by atoms with E-state index in [1.54, 1.807) is 29.9 Å². The summed E-state index contributed by atoms with van der Waals surface area (Å²) in [6, 6.07) is 7.24. The molecular formula is C16H17ClN4O2. The molecule has 0 saturated heterocycles. The quantitative estimate of drug-likeness (QED) is 0.807. The zero-order chi connectivity index (χ0) is 16.4. The van der Waals surface area contributed by atoms with Crippen LogP contribution >= 0.6 is 11.6 Å². The van der Waals surface area contributed by atoms with Crippen LogP contribution in [-0.2, 0) is 18.4 Å². The summed E-state index contributed by atoms with van der Waals surface area (Å²) in [6.07, 6.45) is 2.56. The number of hydrogen-bond acceptors (Lipinski definition) is 5. The summed E-state index contributed by atoms with van der Waals surface area (Å²) in [7, 11) is 1.77. The fraction of sp³-hybridized carbons (Fsp3) is 0.312. The van der Waals surface area contributed by atoms with Crippen molar-refractivity contribution in [1.82, 2.24) is 9.55 Å². The Labute approximate surface area is 139 Å². The minimum absolute atomic E-state index is 0.131. The molecule has 0 amide bonds. The molecule has 23 heavy (non-hydrogen) atoms. The van der Waals surface area contributed by atoms with Crippen molar-refractivity contribution in [1.29, 1.82) is 0 Å². The number of hydrogen-bond donors (Lipinski definition) is 0. The zero-order valence-corrected chi connectivity index (χ0v) is 13.7. The third-order valence-corrected chi connectivity index (χ3v) is 4.11. The monoisotopic (exact) mass is 332 g/mol. The van der Waals surface area contributed by atoms with Crippen LogP contribution in [0.25, 0.3) is 0 Å². The number of carbonyl (C=O) groups is 1. The molecule has 2 aromatic rings. The number of ether oxygens (including phenoxy) is 1. The first-order valence-electron chi connectivity index (χ1n) is 7.29. The molecule has 1 aromatic carbocycles. The van der Waals surface area contributed by atoms with Crippen molar-refractivity contribution >= 4 is 29.0 Å². The molecule has 1 aliphatic heterocycles. The molecule has 0 N–H and O–H groups in total. The van der Waals surface area contributed by atoms with Crippen molar-refractivity contribution in [2.45, 2.75) is 20.0 Å². The smallest absolute Gasteiger partial charge is 0.338 e. The molecule has 120 valence electrons. The summed E-state index contributed by atoms with van der Waals surface area (Å²) in [5, 5.41) is 6.73. The highest BCUT2D eigenvalue weighted by molar-refractivity contribution is 6.28. The maximum absolute atomic E-state index is 12.1. The van der Waals surface area contributed by atoms with Gasteiger partial charge in [0, 0.05) is 25.7 Å². The second-order valence-corrected chi connectivity index (χ2v) is 5.75. The first-order valence-corrected chi connectivity index (χ1v) is 7.67. The van der Waals surface area contributed by atoms with E-state index in [9.17, 15) is 4.79 Å². The molecular weight excluding hydrogens is 316 g/mol. The number of nitrogens with zero attached hydrogens (tertiary/aromatic N) is 4. The molecule has 6 nitrogen and oxygen atoms in total. The lowest BCUT2D eigenvalue weighted by Gasteiger charge is -2.13. The summed E-state index contributed by atoms with van der Waals surface area (Å²) in [6.45, 7) is 3.01. The van der Waals surface area contributed by atoms with Crippen LogP contribution in [0.1, 0.15) is 29.4 Å². The van der Waals surface area contributed by atoms with Crippen molar-refractivity contribution in [3.63, 3.8) is 0 Å². The van der Waals surface area contributed by atoms with E-state index >= 15 is 0 Å². The molecule has 3 rings (SSSR count). The highest BCUT2D eigenvalue weighted by atomic mass is 35.5. The SMILES string of the molecule is CC1=NN(c2ccc(C(=O)OCc3cnc(Cl)n3C)cc2)CC1. The van der Waals surface area contributed by atoms with Gasteiger partial charge in [-0.1, -0.05) is 0 Å². The van der Waals surface area contributed by atoms with Crippen LogP contribution in [0.2, 0.25) is 5.28 Å². The van der Waals surface area contributed by atoms with Gasteiger partial charge in [0.2, 0.25) is 5.28 Å². The molecule has 0 unspecified atom stereocenters. The maximum atomic E-state index is 12.1. The normalized spacial score (nSPS) is 14.0. The minimum Gasteiger partial charge on any atom is -0.456 e. The number of halogens is 1. The van der Waals surface area contributed by atoms with Gasteiger partial charge >= 0.3 is 5.97 Å². The van der Waals surface area contributed by atoms with Gasteiger partial charge in [-0.15, -0.1) is 0 Å². The van der Waals surface area contributed by atoms with Gasteiger partial charge in [0.1, 0.15) is 6.61 Å². The van der Waals surface area contributed by atoms with Gasteiger partial charge in [0.25, 0.3) is 0 Å². The third kappa shape index (κ3) is 3.37. The molecule has 0 aliphatic carbocycles. The van der Waals surface area contributed by atoms with Crippen LogP contribution in [0.15, 0.2) is 35.6 Å². The van der Waals surface area contributed by atoms with Crippen molar-refractivity contribution in [3.8, 4) is 0 Å². The van der Waals surface area contributed by atoms with Crippen molar-refractivity contribution in [3.05, 3.63) is 47.0 Å². The molecule has 1 aromatic heterocycles. The van der Waals surface area contributed by atoms with E-state index in [0.29, 0.717) is 10.8 Å². The largest absolute Gasteiger partial charge is 0.456 e. The van der Waals surface area contributed by atoms with Gasteiger partial charge in [-0.2, -0.15) is 5.10 Å². The summed E-state index contributed by atoms with van der Waals surface area (Å²) < 4.78 is 6.96. The Bertz CT molecular complexity index is 752. The van der Waals surface area contributed by atoms with Crippen LogP contribution in [0, 0.1) is 0 Å². The summed E-state index contributed by atoms with van der Waals surface area (Å²) >= 11 is 5.85. The average molecular weight is 333 g/mol. The number of rotatable bonds is 4. The predicted octanol–water partition coefficient (Wildman–Crippen LogP) is 3.02. The van der Waals surface area contributed by atoms with E-state index in [4.69, 9.17) is 16.3 Å². The molecule has 0 saturated carbocycles. The Balaban J connectivity index is 1.62. The minimum atomic E-state index is -0.380. The van der Waals surface area contributed by atoms with E-state index in [-0.39, 0.29) is 12.6 Å². The van der Waals surface area contributed by atoms with E-state index in [0.717, 1.165) is 30.1 Å². The maximum Gasteiger partial charge on any atom is 0.338 e. The summed E-state index contributed by atoms with van der Waals surface area (Å²) in [5.41, 5.74) is 3.32. The molecule has 0 spiro atoms. The van der Waals surface area contributed by atoms with Crippen LogP contribution in [0.3, 0.4) is 0 Å². The summed E-state index contributed by atoms with van der Waals surface area (Å²) in [4.78, 5) is 16.0. The van der Waals surface area contributed by atoms with Crippen LogP contribution in [0.5, 0.6) is 0 Å². The second kappa shape index (κ2) is 6.42.